The lowest BCUT2D eigenvalue weighted by atomic mass is 9.96. The monoisotopic (exact) mass is 234 g/mol. The van der Waals surface area contributed by atoms with Crippen molar-refractivity contribution in [3.63, 3.8) is 0 Å². The van der Waals surface area contributed by atoms with E-state index in [-0.39, 0.29) is 5.54 Å². The summed E-state index contributed by atoms with van der Waals surface area (Å²) in [4.78, 5) is 4.35. The Morgan fingerprint density at radius 3 is 2.76 bits per heavy atom. The molecule has 1 aromatic rings. The highest BCUT2D eigenvalue weighted by Crippen LogP contribution is 2.25. The molecule has 0 aliphatic heterocycles. The number of hydrogen-bond acceptors (Lipinski definition) is 3. The molecule has 1 aliphatic carbocycles. The predicted molar refractivity (Wildman–Crippen MR) is 69.1 cm³/mol. The lowest BCUT2D eigenvalue weighted by molar-refractivity contribution is 0.120. The Kier molecular flexibility index (Phi) is 3.67. The van der Waals surface area contributed by atoms with Gasteiger partial charge in [-0.25, -0.2) is 0 Å². The van der Waals surface area contributed by atoms with Crippen LogP contribution in [0.5, 0.6) is 5.75 Å². The molecule has 0 atom stereocenters. The average molecular weight is 234 g/mol. The minimum atomic E-state index is 0.118. The number of rotatable bonds is 4. The van der Waals surface area contributed by atoms with Gasteiger partial charge in [-0.1, -0.05) is 0 Å². The highest BCUT2D eigenvalue weighted by molar-refractivity contribution is 5.23. The van der Waals surface area contributed by atoms with E-state index in [0.29, 0.717) is 6.10 Å². The number of aromatic nitrogens is 1. The van der Waals surface area contributed by atoms with E-state index in [1.807, 2.05) is 18.3 Å². The first-order valence-electron chi connectivity index (χ1n) is 6.39. The summed E-state index contributed by atoms with van der Waals surface area (Å²) in [6, 6.07) is 3.98. The van der Waals surface area contributed by atoms with Crippen LogP contribution in [0.3, 0.4) is 0 Å². The van der Waals surface area contributed by atoms with Crippen LogP contribution in [0.15, 0.2) is 18.3 Å². The summed E-state index contributed by atoms with van der Waals surface area (Å²) in [6.45, 7) is 7.25. The van der Waals surface area contributed by atoms with Crippen molar-refractivity contribution in [2.75, 3.05) is 0 Å². The molecule has 3 heteroatoms. The molecular formula is C14H22N2O. The highest BCUT2D eigenvalue weighted by atomic mass is 16.5. The molecule has 0 amide bonds. The number of ether oxygens (including phenoxy) is 1. The summed E-state index contributed by atoms with van der Waals surface area (Å²) < 4.78 is 5.86. The van der Waals surface area contributed by atoms with Gasteiger partial charge in [0.05, 0.1) is 11.8 Å². The zero-order valence-electron chi connectivity index (χ0n) is 11.0. The molecule has 17 heavy (non-hydrogen) atoms. The summed E-state index contributed by atoms with van der Waals surface area (Å²) in [7, 11) is 0. The molecule has 1 N–H and O–H groups in total. The van der Waals surface area contributed by atoms with Gasteiger partial charge < -0.3 is 10.1 Å². The number of hydrogen-bond donors (Lipinski definition) is 1. The van der Waals surface area contributed by atoms with Crippen molar-refractivity contribution in [2.45, 2.75) is 58.2 Å². The fraction of sp³-hybridized carbons (Fsp3) is 0.643. The molecular weight excluding hydrogens is 212 g/mol. The Bertz CT molecular complexity index is 367. The van der Waals surface area contributed by atoms with Crippen molar-refractivity contribution in [1.29, 1.82) is 0 Å². The molecule has 0 radical (unpaired) electrons. The van der Waals surface area contributed by atoms with Gasteiger partial charge in [-0.3, -0.25) is 4.98 Å². The Balaban J connectivity index is 1.91. The summed E-state index contributed by atoms with van der Waals surface area (Å²) in [5, 5.41) is 3.43. The van der Waals surface area contributed by atoms with Crippen molar-refractivity contribution in [1.82, 2.24) is 10.3 Å². The number of pyridine rings is 1. The molecule has 1 fully saturated rings. The SMILES string of the molecule is CC(C)(C)NCc1cc(OC2CCC2)ccn1. The molecule has 1 aliphatic rings. The topological polar surface area (TPSA) is 34.1 Å². The summed E-state index contributed by atoms with van der Waals surface area (Å²) in [5.74, 6) is 0.954. The van der Waals surface area contributed by atoms with Crippen LogP contribution in [0.4, 0.5) is 0 Å². The third-order valence-corrected chi connectivity index (χ3v) is 2.94. The Hall–Kier alpha value is -1.09. The summed E-state index contributed by atoms with van der Waals surface area (Å²) in [5.41, 5.74) is 1.16. The molecule has 0 saturated heterocycles. The van der Waals surface area contributed by atoms with E-state index in [1.165, 1.54) is 19.3 Å². The van der Waals surface area contributed by atoms with Gasteiger partial charge in [0.15, 0.2) is 0 Å². The fourth-order valence-electron chi connectivity index (χ4n) is 1.66. The first-order chi connectivity index (χ1) is 8.03. The fourth-order valence-corrected chi connectivity index (χ4v) is 1.66. The summed E-state index contributed by atoms with van der Waals surface area (Å²) in [6.07, 6.45) is 5.94. The van der Waals surface area contributed by atoms with Crippen LogP contribution in [-0.4, -0.2) is 16.6 Å². The van der Waals surface area contributed by atoms with Gasteiger partial charge in [0.1, 0.15) is 5.75 Å². The standard InChI is InChI=1S/C14H22N2O/c1-14(2,3)16-10-11-9-13(7-8-15-11)17-12-5-4-6-12/h7-9,12,16H,4-6,10H2,1-3H3. The van der Waals surface area contributed by atoms with Crippen molar-refractivity contribution in [3.8, 4) is 5.75 Å². The molecule has 3 nitrogen and oxygen atoms in total. The van der Waals surface area contributed by atoms with Gasteiger partial charge in [0.25, 0.3) is 0 Å². The van der Waals surface area contributed by atoms with E-state index in [9.17, 15) is 0 Å². The molecule has 1 aromatic heterocycles. The van der Waals surface area contributed by atoms with E-state index in [2.05, 4.69) is 31.1 Å². The maximum Gasteiger partial charge on any atom is 0.123 e. The van der Waals surface area contributed by atoms with Gasteiger partial charge >= 0.3 is 0 Å². The minimum Gasteiger partial charge on any atom is -0.490 e. The van der Waals surface area contributed by atoms with E-state index < -0.39 is 0 Å². The third kappa shape index (κ3) is 4.00. The third-order valence-electron chi connectivity index (χ3n) is 2.94. The molecule has 1 heterocycles. The first kappa shape index (κ1) is 12.4. The molecule has 0 aromatic carbocycles. The highest BCUT2D eigenvalue weighted by Gasteiger charge is 2.19. The maximum absolute atomic E-state index is 5.86. The maximum atomic E-state index is 5.86. The number of nitrogens with one attached hydrogen (secondary N) is 1. The summed E-state index contributed by atoms with van der Waals surface area (Å²) >= 11 is 0. The minimum absolute atomic E-state index is 0.118. The van der Waals surface area contributed by atoms with Gasteiger partial charge in [-0.05, 0) is 46.1 Å². The normalized spacial score (nSPS) is 16.6. The van der Waals surface area contributed by atoms with E-state index >= 15 is 0 Å². The van der Waals surface area contributed by atoms with Gasteiger partial charge in [-0.2, -0.15) is 0 Å². The van der Waals surface area contributed by atoms with Crippen molar-refractivity contribution in [3.05, 3.63) is 24.0 Å². The smallest absolute Gasteiger partial charge is 0.123 e. The van der Waals surface area contributed by atoms with E-state index in [0.717, 1.165) is 18.0 Å². The van der Waals surface area contributed by atoms with E-state index in [1.54, 1.807) is 0 Å². The first-order valence-corrected chi connectivity index (χ1v) is 6.39. The predicted octanol–water partition coefficient (Wildman–Crippen LogP) is 2.90. The molecule has 94 valence electrons. The van der Waals surface area contributed by atoms with Crippen LogP contribution in [0.25, 0.3) is 0 Å². The average Bonchev–Trinajstić information content (AvgIpc) is 2.20. The lowest BCUT2D eigenvalue weighted by Gasteiger charge is -2.26. The Labute approximate surface area is 104 Å². The van der Waals surface area contributed by atoms with Crippen LogP contribution in [0, 0.1) is 0 Å². The Morgan fingerprint density at radius 1 is 1.41 bits per heavy atom. The quantitative estimate of drug-likeness (QED) is 0.869. The molecule has 0 spiro atoms. The second-order valence-electron chi connectivity index (χ2n) is 5.76. The zero-order chi connectivity index (χ0) is 12.3. The largest absolute Gasteiger partial charge is 0.490 e. The molecule has 2 rings (SSSR count). The van der Waals surface area contributed by atoms with Gasteiger partial charge in [-0.15, -0.1) is 0 Å². The molecule has 0 unspecified atom stereocenters. The van der Waals surface area contributed by atoms with Crippen molar-refractivity contribution >= 4 is 0 Å². The van der Waals surface area contributed by atoms with Gasteiger partial charge in [0.2, 0.25) is 0 Å². The molecule has 1 saturated carbocycles. The van der Waals surface area contributed by atoms with Crippen LogP contribution >= 0.6 is 0 Å². The Morgan fingerprint density at radius 2 is 2.18 bits per heavy atom. The number of nitrogens with zero attached hydrogens (tertiary/aromatic N) is 1. The molecule has 0 bridgehead atoms. The van der Waals surface area contributed by atoms with Crippen LogP contribution in [0.2, 0.25) is 0 Å². The van der Waals surface area contributed by atoms with Crippen molar-refractivity contribution < 1.29 is 4.74 Å². The zero-order valence-corrected chi connectivity index (χ0v) is 11.0. The van der Waals surface area contributed by atoms with Gasteiger partial charge in [0, 0.05) is 24.3 Å². The van der Waals surface area contributed by atoms with Crippen molar-refractivity contribution in [2.24, 2.45) is 0 Å². The lowest BCUT2D eigenvalue weighted by Crippen LogP contribution is -2.35. The van der Waals surface area contributed by atoms with E-state index in [4.69, 9.17) is 4.74 Å². The second kappa shape index (κ2) is 5.05. The van der Waals surface area contributed by atoms with Crippen LogP contribution in [-0.2, 0) is 6.54 Å². The van der Waals surface area contributed by atoms with Crippen LogP contribution in [0.1, 0.15) is 45.7 Å². The van der Waals surface area contributed by atoms with Crippen LogP contribution < -0.4 is 10.1 Å². The second-order valence-corrected chi connectivity index (χ2v) is 5.76.